The Morgan fingerprint density at radius 1 is 0.485 bits per heavy atom. The lowest BCUT2D eigenvalue weighted by Gasteiger charge is -2.37. The van der Waals surface area contributed by atoms with Crippen molar-refractivity contribution in [3.63, 3.8) is 0 Å². The quantitative estimate of drug-likeness (QED) is 0.0208. The maximum Gasteiger partial charge on any atom is 0.336 e. The van der Waals surface area contributed by atoms with Gasteiger partial charge in [-0.15, -0.1) is 0 Å². The summed E-state index contributed by atoms with van der Waals surface area (Å²) < 4.78 is 6.43. The Balaban J connectivity index is 1.01. The Morgan fingerprint density at radius 3 is 1.42 bits per heavy atom. The summed E-state index contributed by atoms with van der Waals surface area (Å²) in [5, 5.41) is 166. The number of hydrogen-bond acceptors (Lipinski definition) is 29. The van der Waals surface area contributed by atoms with Crippen LogP contribution in [-0.2, 0) is 52.7 Å². The summed E-state index contributed by atoms with van der Waals surface area (Å²) in [6.45, 7) is 0.780. The summed E-state index contributed by atoms with van der Waals surface area (Å²) >= 11 is 0. The third kappa shape index (κ3) is 30.5. The number of aliphatic hydroxyl groups excluding tert-OH is 10. The van der Waals surface area contributed by atoms with Crippen LogP contribution in [0.2, 0.25) is 0 Å². The average Bonchev–Trinajstić information content (AvgIpc) is 0.962. The minimum atomic E-state index is -2.19. The van der Waals surface area contributed by atoms with Crippen molar-refractivity contribution in [3.8, 4) is 11.5 Å². The number of aliphatic hydroxyl groups is 10. The van der Waals surface area contributed by atoms with Crippen LogP contribution in [0.5, 0.6) is 11.5 Å². The number of aromatic carboxylic acids is 1. The fourth-order valence-corrected chi connectivity index (χ4v) is 15.6. The number of benzene rings is 5. The van der Waals surface area contributed by atoms with Crippen LogP contribution in [-0.4, -0.2) is 326 Å². The van der Waals surface area contributed by atoms with Crippen molar-refractivity contribution in [2.45, 2.75) is 221 Å². The van der Waals surface area contributed by atoms with Crippen LogP contribution in [0.15, 0.2) is 103 Å². The van der Waals surface area contributed by atoms with Crippen LogP contribution >= 0.6 is 0 Å². The van der Waals surface area contributed by atoms with Gasteiger partial charge in [0.2, 0.25) is 35.4 Å². The molecule has 24 N–H and O–H groups in total. The zero-order chi connectivity index (χ0) is 100. The van der Waals surface area contributed by atoms with E-state index in [1.165, 1.54) is 41.3 Å². The maximum atomic E-state index is 14.9. The molecule has 2 heterocycles. The van der Waals surface area contributed by atoms with Crippen molar-refractivity contribution in [1.82, 2.24) is 47.9 Å². The lowest BCUT2D eigenvalue weighted by molar-refractivity contribution is -0.142. The van der Waals surface area contributed by atoms with Crippen molar-refractivity contribution in [3.05, 3.63) is 137 Å². The summed E-state index contributed by atoms with van der Waals surface area (Å²) in [7, 11) is 7.41. The van der Waals surface area contributed by atoms with Gasteiger partial charge in [-0.3, -0.25) is 57.5 Å². The number of rotatable bonds is 50. The van der Waals surface area contributed by atoms with Crippen LogP contribution in [0.25, 0.3) is 0 Å². The number of urea groups is 1. The zero-order valence-electron chi connectivity index (χ0n) is 76.4. The van der Waals surface area contributed by atoms with Gasteiger partial charge in [0.1, 0.15) is 84.4 Å². The number of amides is 11. The molecule has 11 amide bonds. The smallest absolute Gasteiger partial charge is 0.336 e. The van der Waals surface area contributed by atoms with Crippen LogP contribution in [0.4, 0.5) is 33.2 Å². The molecule has 0 spiro atoms. The molecule has 44 nitrogen and oxygen atoms in total. The predicted octanol–water partition coefficient (Wildman–Crippen LogP) is -0.789. The molecule has 0 saturated heterocycles. The number of Topliss-reactive ketones (excluding diaryl/α,β-unsaturated/α-hetero) is 1. The molecule has 0 unspecified atom stereocenters. The topological polar surface area (TPSA) is 682 Å². The number of anilines is 5. The first-order valence-electron chi connectivity index (χ1n) is 44.5. The molecule has 8 rings (SSSR count). The molecule has 136 heavy (non-hydrogen) atoms. The van der Waals surface area contributed by atoms with Gasteiger partial charge < -0.3 is 149 Å². The van der Waals surface area contributed by atoms with E-state index < -0.39 is 264 Å². The Hall–Kier alpha value is -13.1. The van der Waals surface area contributed by atoms with E-state index in [2.05, 4.69) is 58.1 Å². The van der Waals surface area contributed by atoms with Gasteiger partial charge >= 0.3 is 29.9 Å². The summed E-state index contributed by atoms with van der Waals surface area (Å²) in [6, 6.07) is 15.1. The Bertz CT molecular complexity index is 5030. The average molecular weight is 1910 g/mol. The minimum Gasteiger partial charge on any atom is -0.481 e. The molecule has 3 aliphatic rings. The van der Waals surface area contributed by atoms with Crippen molar-refractivity contribution >= 4 is 117 Å². The molecule has 14 atom stereocenters. The Labute approximate surface area is 782 Å². The van der Waals surface area contributed by atoms with E-state index in [0.717, 1.165) is 49.5 Å². The van der Waals surface area contributed by atoms with Crippen LogP contribution < -0.4 is 77.5 Å². The van der Waals surface area contributed by atoms with Crippen LogP contribution in [0, 0.1) is 5.41 Å². The minimum absolute atomic E-state index is 0.00155. The molecular weight excluding hydrogens is 1780 g/mol. The first-order valence-corrected chi connectivity index (χ1v) is 44.5. The van der Waals surface area contributed by atoms with Crippen molar-refractivity contribution in [2.24, 2.45) is 5.41 Å². The van der Waals surface area contributed by atoms with E-state index in [0.29, 0.717) is 39.6 Å². The number of para-hydroxylation sites is 2. The number of carbonyl (C=O) groups is 15. The highest BCUT2D eigenvalue weighted by Crippen LogP contribution is 2.50. The van der Waals surface area contributed by atoms with Gasteiger partial charge in [-0.2, -0.15) is 0 Å². The Morgan fingerprint density at radius 2 is 0.949 bits per heavy atom. The molecular formula is C92H124N14O30. The summed E-state index contributed by atoms with van der Waals surface area (Å²) in [6.07, 6.45) is -19.6. The maximum absolute atomic E-state index is 14.9. The fourth-order valence-electron chi connectivity index (χ4n) is 15.6. The highest BCUT2D eigenvalue weighted by molar-refractivity contribution is 6.09. The first kappa shape index (κ1) is 108. The van der Waals surface area contributed by atoms with Gasteiger partial charge in [0.15, 0.2) is 5.78 Å². The Kier molecular flexibility index (Phi) is 40.2. The monoisotopic (exact) mass is 1900 g/mol. The molecule has 5 aromatic carbocycles. The molecule has 0 radical (unpaired) electrons. The second-order valence-electron chi connectivity index (χ2n) is 35.1. The number of carboxylic acids is 4. The number of fused-ring (bicyclic) bond motifs is 3. The number of carboxylic acid groups (broad SMARTS) is 4. The van der Waals surface area contributed by atoms with Gasteiger partial charge in [-0.25, -0.2) is 14.4 Å². The number of aliphatic carboxylic acids is 3. The molecule has 5 aromatic rings. The number of ether oxygens (including phenoxy) is 1. The second-order valence-corrected chi connectivity index (χ2v) is 35.1. The van der Waals surface area contributed by atoms with Crippen molar-refractivity contribution in [2.75, 3.05) is 99.0 Å². The van der Waals surface area contributed by atoms with Gasteiger partial charge in [0.05, 0.1) is 48.9 Å². The lowest BCUT2D eigenvalue weighted by Crippen LogP contribution is -2.59. The molecule has 1 aliphatic carbocycles. The van der Waals surface area contributed by atoms with E-state index >= 15 is 0 Å². The van der Waals surface area contributed by atoms with Crippen LogP contribution in [0.1, 0.15) is 177 Å². The van der Waals surface area contributed by atoms with E-state index in [1.807, 2.05) is 86.5 Å². The zero-order valence-corrected chi connectivity index (χ0v) is 76.4. The number of carbonyl (C=O) groups excluding carboxylic acids is 11. The second kappa shape index (κ2) is 50.5. The molecule has 0 aromatic heterocycles. The van der Waals surface area contributed by atoms with E-state index in [4.69, 9.17) is 4.74 Å². The van der Waals surface area contributed by atoms with E-state index in [-0.39, 0.29) is 66.7 Å². The standard InChI is InChI=1S/C92H124N14O30/c1-92(2,3)72(113)45-106-65-22-12-11-21-64(65)105(51-18-9-8-10-19-51)44-63(88(106)130)102-91(135)96-50-17-15-16-48(38-50)83(125)97-60(31-35-75(116)117)85(127)98-58(29-33-73(114)94-42-66(109)78(120)80(122)68(111)46-107)84(126)100-61(32-36-76(118)119)86(128)99-59(30-34-74(115)95-43-67(110)79(121)81(123)69(112)47-108)87(129)101-62(90(133)134)20-13-14-37-93-82(124)49-23-26-54(57(39-49)89(131)132)77-55-27-24-52(103(4)5)40-70(55)136-71-41-53(104(6)7)25-28-56(71)77/h11-12,15-17,21-28,38-41,51,58-63,66-69,77-81,107-112,120-123H,8-10,13-14,18-20,29-37,42-47H2,1-7H3,(H,93,124)(H,94,114)(H,95,115)(H,97,125)(H,98,127)(H,99,128)(H,100,126)(H,101,129)(H,116,117)(H,118,119)(H,131,132)(H,133,134)(H2,96,102,135)/t58-,59-,60-,61-,62+,63-,66+,67+,68-,69-,78-,79-,80-,81-/m1/s1. The summed E-state index contributed by atoms with van der Waals surface area (Å²) in [4.78, 5) is 215. The first-order chi connectivity index (χ1) is 64.3. The largest absolute Gasteiger partial charge is 0.481 e. The van der Waals surface area contributed by atoms with Gasteiger partial charge in [0.25, 0.3) is 17.7 Å². The van der Waals surface area contributed by atoms with Gasteiger partial charge in [0, 0.05) is 149 Å². The number of unbranched alkanes of at least 4 members (excludes halogenated alkanes) is 1. The van der Waals surface area contributed by atoms with Crippen molar-refractivity contribution < 1.29 is 148 Å². The summed E-state index contributed by atoms with van der Waals surface area (Å²) in [5.41, 5.74) is 2.94. The number of nitrogens with one attached hydrogen (secondary N) is 10. The number of nitrogens with zero attached hydrogens (tertiary/aromatic N) is 4. The normalized spacial score (nSPS) is 16.7. The third-order valence-electron chi connectivity index (χ3n) is 23.6. The number of ketones is 1. The van der Waals surface area contributed by atoms with Crippen molar-refractivity contribution in [1.29, 1.82) is 0 Å². The molecule has 44 heteroatoms. The molecule has 1 fully saturated rings. The van der Waals surface area contributed by atoms with E-state index in [9.17, 15) is 143 Å². The van der Waals surface area contributed by atoms with Gasteiger partial charge in [-0.05, 0) is 118 Å². The third-order valence-corrected chi connectivity index (χ3v) is 23.6. The lowest BCUT2D eigenvalue weighted by atomic mass is 9.80. The van der Waals surface area contributed by atoms with E-state index in [1.54, 1.807) is 32.9 Å². The predicted molar refractivity (Wildman–Crippen MR) is 489 cm³/mol. The highest BCUT2D eigenvalue weighted by Gasteiger charge is 2.42. The molecule has 1 saturated carbocycles. The molecule has 2 aliphatic heterocycles. The van der Waals surface area contributed by atoms with Gasteiger partial charge in [-0.1, -0.05) is 76.4 Å². The molecule has 0 bridgehead atoms. The summed E-state index contributed by atoms with van der Waals surface area (Å²) in [5.74, 6) is -16.4. The number of hydrogen-bond donors (Lipinski definition) is 24. The molecule has 742 valence electrons. The van der Waals surface area contributed by atoms with Crippen LogP contribution in [0.3, 0.4) is 0 Å². The fraction of sp³-hybridized carbons (Fsp3) is 0.511. The SMILES string of the molecule is CN(C)c1ccc2c(c1)Oc1cc(N(C)C)ccc1C2c1ccc(C(=O)NCCCC[C@H](NC(=O)[C@@H](CCC(=O)NC[C@H](O)[C@@H](O)[C@H](O)[C@H](O)CO)NC(=O)[C@@H](CCC(=O)O)NC(=O)[C@@H](CCC(=O)NC[C@H](O)[C@@H](O)[C@H](O)[C@H](O)CO)NC(=O)[C@@H](CCC(=O)O)NC(=O)c2cccc(NC(=O)N[C@@H]3CN(C4CCCCC4)c4ccccc4N(CC(=O)C(C)(C)C)C3=O)c2)C(=O)O)cc1C(=O)O. The highest BCUT2D eigenvalue weighted by atomic mass is 16.5.